The predicted molar refractivity (Wildman–Crippen MR) is 82.3 cm³/mol. The number of halogens is 1. The van der Waals surface area contributed by atoms with Gasteiger partial charge in [-0.25, -0.2) is 17.6 Å². The molecule has 120 valence electrons. The minimum Gasteiger partial charge on any atom is -0.447 e. The zero-order valence-electron chi connectivity index (χ0n) is 11.9. The average molecular weight is 336 g/mol. The van der Waals surface area contributed by atoms with Crippen LogP contribution in [0.5, 0.6) is 0 Å². The van der Waals surface area contributed by atoms with E-state index in [1.807, 2.05) is 0 Å². The van der Waals surface area contributed by atoms with Gasteiger partial charge in [0.15, 0.2) is 0 Å². The number of anilines is 2. The number of nitrogens with zero attached hydrogens (tertiary/aromatic N) is 1. The van der Waals surface area contributed by atoms with E-state index in [9.17, 15) is 17.6 Å². The number of rotatable bonds is 4. The fraction of sp³-hybridized carbons (Fsp3) is 0.133. The van der Waals surface area contributed by atoms with Crippen molar-refractivity contribution in [3.8, 4) is 0 Å². The molecule has 1 amide bonds. The number of carbonyl (C=O) groups is 1. The van der Waals surface area contributed by atoms with Crippen LogP contribution >= 0.6 is 0 Å². The minimum absolute atomic E-state index is 0.0360. The Labute approximate surface area is 132 Å². The van der Waals surface area contributed by atoms with Crippen LogP contribution in [0.4, 0.5) is 20.6 Å². The van der Waals surface area contributed by atoms with Crippen molar-refractivity contribution in [2.75, 3.05) is 22.8 Å². The number of amides is 1. The van der Waals surface area contributed by atoms with Gasteiger partial charge in [-0.2, -0.15) is 0 Å². The second-order valence-electron chi connectivity index (χ2n) is 4.87. The number of nitrogens with one attached hydrogen (secondary N) is 1. The third-order valence-corrected chi connectivity index (χ3v) is 4.71. The largest absolute Gasteiger partial charge is 0.447 e. The molecule has 2 aromatic rings. The van der Waals surface area contributed by atoms with Crippen LogP contribution in [0.2, 0.25) is 0 Å². The first kappa shape index (κ1) is 15.3. The zero-order valence-corrected chi connectivity index (χ0v) is 12.7. The maximum absolute atomic E-state index is 12.9. The van der Waals surface area contributed by atoms with Gasteiger partial charge in [0.1, 0.15) is 12.4 Å². The summed E-state index contributed by atoms with van der Waals surface area (Å²) >= 11 is 0. The van der Waals surface area contributed by atoms with Gasteiger partial charge >= 0.3 is 6.09 Å². The Kier molecular flexibility index (Phi) is 3.91. The zero-order chi connectivity index (χ0) is 16.4. The first-order chi connectivity index (χ1) is 11.0. The van der Waals surface area contributed by atoms with E-state index >= 15 is 0 Å². The van der Waals surface area contributed by atoms with Gasteiger partial charge in [0, 0.05) is 11.4 Å². The first-order valence-corrected chi connectivity index (χ1v) is 8.27. The number of benzene rings is 2. The smallest absolute Gasteiger partial charge is 0.414 e. The van der Waals surface area contributed by atoms with Crippen molar-refractivity contribution in [1.29, 1.82) is 0 Å². The third-order valence-electron chi connectivity index (χ3n) is 3.32. The van der Waals surface area contributed by atoms with Gasteiger partial charge in [-0.3, -0.25) is 9.62 Å². The van der Waals surface area contributed by atoms with Crippen LogP contribution in [0.25, 0.3) is 0 Å². The standard InChI is InChI=1S/C15H13FN2O4S/c16-11-1-7-14(8-2-11)23(20,21)17-12-3-5-13(6-4-12)18-9-10-22-15(18)19/h1-8,17H,9-10H2. The topological polar surface area (TPSA) is 75.7 Å². The Morgan fingerprint density at radius 3 is 2.26 bits per heavy atom. The second kappa shape index (κ2) is 5.88. The van der Waals surface area contributed by atoms with Crippen molar-refractivity contribution >= 4 is 27.5 Å². The Morgan fingerprint density at radius 2 is 1.70 bits per heavy atom. The van der Waals surface area contributed by atoms with Gasteiger partial charge in [-0.05, 0) is 48.5 Å². The average Bonchev–Trinajstić information content (AvgIpc) is 2.94. The highest BCUT2D eigenvalue weighted by molar-refractivity contribution is 7.92. The highest BCUT2D eigenvalue weighted by Crippen LogP contribution is 2.23. The minimum atomic E-state index is -3.79. The van der Waals surface area contributed by atoms with Crippen molar-refractivity contribution < 1.29 is 22.3 Å². The van der Waals surface area contributed by atoms with E-state index < -0.39 is 21.9 Å². The van der Waals surface area contributed by atoms with Gasteiger partial charge in [-0.1, -0.05) is 0 Å². The van der Waals surface area contributed by atoms with Crippen LogP contribution in [0.15, 0.2) is 53.4 Å². The summed E-state index contributed by atoms with van der Waals surface area (Å²) in [7, 11) is -3.79. The van der Waals surface area contributed by atoms with E-state index in [-0.39, 0.29) is 4.90 Å². The number of ether oxygens (including phenoxy) is 1. The monoisotopic (exact) mass is 336 g/mol. The van der Waals surface area contributed by atoms with Crippen LogP contribution < -0.4 is 9.62 Å². The molecule has 1 N–H and O–H groups in total. The Morgan fingerprint density at radius 1 is 1.04 bits per heavy atom. The van der Waals surface area contributed by atoms with Gasteiger partial charge < -0.3 is 4.74 Å². The molecule has 0 aliphatic carbocycles. The number of sulfonamides is 1. The van der Waals surface area contributed by atoms with Crippen molar-refractivity contribution in [3.05, 3.63) is 54.3 Å². The highest BCUT2D eigenvalue weighted by atomic mass is 32.2. The van der Waals surface area contributed by atoms with E-state index in [2.05, 4.69) is 4.72 Å². The summed E-state index contributed by atoms with van der Waals surface area (Å²) in [6.45, 7) is 0.789. The van der Waals surface area contributed by atoms with E-state index in [1.54, 1.807) is 24.3 Å². The fourth-order valence-corrected chi connectivity index (χ4v) is 3.22. The lowest BCUT2D eigenvalue weighted by molar-refractivity contribution is 0.181. The van der Waals surface area contributed by atoms with Crippen molar-refractivity contribution in [1.82, 2.24) is 0 Å². The molecule has 1 aliphatic heterocycles. The Bertz CT molecular complexity index is 820. The van der Waals surface area contributed by atoms with Gasteiger partial charge in [-0.15, -0.1) is 0 Å². The lowest BCUT2D eigenvalue weighted by atomic mass is 10.2. The molecule has 1 saturated heterocycles. The molecule has 0 aromatic heterocycles. The molecule has 1 aliphatic rings. The van der Waals surface area contributed by atoms with Crippen molar-refractivity contribution in [3.63, 3.8) is 0 Å². The van der Waals surface area contributed by atoms with Crippen molar-refractivity contribution in [2.45, 2.75) is 4.90 Å². The molecule has 1 fully saturated rings. The maximum Gasteiger partial charge on any atom is 0.414 e. The predicted octanol–water partition coefficient (Wildman–Crippen LogP) is 2.58. The van der Waals surface area contributed by atoms with Crippen LogP contribution in [0, 0.1) is 5.82 Å². The molecule has 0 atom stereocenters. The quantitative estimate of drug-likeness (QED) is 0.931. The molecule has 0 radical (unpaired) electrons. The van der Waals surface area contributed by atoms with Gasteiger partial charge in [0.2, 0.25) is 0 Å². The number of cyclic esters (lactones) is 1. The van der Waals surface area contributed by atoms with Crippen LogP contribution in [0.3, 0.4) is 0 Å². The maximum atomic E-state index is 12.9. The molecule has 0 spiro atoms. The third kappa shape index (κ3) is 3.26. The molecule has 3 rings (SSSR count). The molecule has 0 bridgehead atoms. The first-order valence-electron chi connectivity index (χ1n) is 6.78. The molecule has 23 heavy (non-hydrogen) atoms. The van der Waals surface area contributed by atoms with Crippen LogP contribution in [-0.4, -0.2) is 27.7 Å². The van der Waals surface area contributed by atoms with E-state index in [0.717, 1.165) is 12.1 Å². The van der Waals surface area contributed by atoms with E-state index in [1.165, 1.54) is 17.0 Å². The lowest BCUT2D eigenvalue weighted by Gasteiger charge is -2.13. The molecule has 0 unspecified atom stereocenters. The summed E-state index contributed by atoms with van der Waals surface area (Å²) < 4.78 is 44.5. The molecular weight excluding hydrogens is 323 g/mol. The molecular formula is C15H13FN2O4S. The van der Waals surface area contributed by atoms with Gasteiger partial charge in [0.05, 0.1) is 11.4 Å². The molecule has 1 heterocycles. The summed E-state index contributed by atoms with van der Waals surface area (Å²) in [5, 5.41) is 0. The summed E-state index contributed by atoms with van der Waals surface area (Å²) in [5.74, 6) is -0.509. The highest BCUT2D eigenvalue weighted by Gasteiger charge is 2.23. The molecule has 6 nitrogen and oxygen atoms in total. The van der Waals surface area contributed by atoms with Crippen molar-refractivity contribution in [2.24, 2.45) is 0 Å². The summed E-state index contributed by atoms with van der Waals surface area (Å²) in [4.78, 5) is 12.9. The summed E-state index contributed by atoms with van der Waals surface area (Å²) in [5.41, 5.74) is 0.961. The Hall–Kier alpha value is -2.61. The summed E-state index contributed by atoms with van der Waals surface area (Å²) in [6.07, 6.45) is -0.426. The SMILES string of the molecule is O=C1OCCN1c1ccc(NS(=O)(=O)c2ccc(F)cc2)cc1. The Balaban J connectivity index is 1.77. The second-order valence-corrected chi connectivity index (χ2v) is 6.55. The molecule has 0 saturated carbocycles. The lowest BCUT2D eigenvalue weighted by Crippen LogP contribution is -2.23. The summed E-state index contributed by atoms with van der Waals surface area (Å²) in [6, 6.07) is 10.9. The molecule has 2 aromatic carbocycles. The number of hydrogen-bond acceptors (Lipinski definition) is 4. The van der Waals surface area contributed by atoms with E-state index in [0.29, 0.717) is 24.5 Å². The van der Waals surface area contributed by atoms with E-state index in [4.69, 9.17) is 4.74 Å². The van der Waals surface area contributed by atoms with Gasteiger partial charge in [0.25, 0.3) is 10.0 Å². The van der Waals surface area contributed by atoms with Crippen LogP contribution in [-0.2, 0) is 14.8 Å². The number of hydrogen-bond donors (Lipinski definition) is 1. The fourth-order valence-electron chi connectivity index (χ4n) is 2.17. The molecule has 8 heteroatoms. The normalized spacial score (nSPS) is 14.7. The van der Waals surface area contributed by atoms with Crippen LogP contribution in [0.1, 0.15) is 0 Å². The number of carbonyl (C=O) groups excluding carboxylic acids is 1.